The Kier molecular flexibility index (Phi) is 4.20. The number of hydrogen-bond acceptors (Lipinski definition) is 3. The van der Waals surface area contributed by atoms with Gasteiger partial charge in [0, 0.05) is 18.9 Å². The highest BCUT2D eigenvalue weighted by Gasteiger charge is 2.29. The van der Waals surface area contributed by atoms with Crippen LogP contribution in [0.1, 0.15) is 24.6 Å². The quantitative estimate of drug-likeness (QED) is 0.873. The highest BCUT2D eigenvalue weighted by molar-refractivity contribution is 5.80. The molecule has 0 N–H and O–H groups in total. The van der Waals surface area contributed by atoms with Gasteiger partial charge in [0.15, 0.2) is 0 Å². The van der Waals surface area contributed by atoms with E-state index in [0.29, 0.717) is 19.7 Å². The van der Waals surface area contributed by atoms with Gasteiger partial charge in [0.05, 0.1) is 13.2 Å². The van der Waals surface area contributed by atoms with Crippen LogP contribution in [-0.2, 0) is 9.53 Å². The molecule has 0 saturated carbocycles. The molecule has 1 aliphatic heterocycles. The smallest absolute Gasteiger partial charge is 0.247 e. The van der Waals surface area contributed by atoms with Gasteiger partial charge < -0.3 is 9.64 Å². The van der Waals surface area contributed by atoms with E-state index in [1.807, 2.05) is 6.92 Å². The summed E-state index contributed by atoms with van der Waals surface area (Å²) in [6.45, 7) is 3.33. The largest absolute Gasteiger partial charge is 0.370 e. The lowest BCUT2D eigenvalue weighted by Gasteiger charge is -2.34. The number of benzene rings is 1. The van der Waals surface area contributed by atoms with Gasteiger partial charge in [-0.3, -0.25) is 9.48 Å². The second kappa shape index (κ2) is 6.27. The van der Waals surface area contributed by atoms with Crippen LogP contribution < -0.4 is 0 Å². The molecule has 1 aliphatic rings. The zero-order valence-corrected chi connectivity index (χ0v) is 12.4. The number of halogens is 1. The molecule has 0 bridgehead atoms. The summed E-state index contributed by atoms with van der Waals surface area (Å²) in [5, 5.41) is 4.12. The summed E-state index contributed by atoms with van der Waals surface area (Å²) >= 11 is 0. The Morgan fingerprint density at radius 2 is 2.18 bits per heavy atom. The third-order valence-corrected chi connectivity index (χ3v) is 3.90. The number of amides is 1. The van der Waals surface area contributed by atoms with E-state index in [1.165, 1.54) is 12.1 Å². The Hall–Kier alpha value is -2.21. The Bertz CT molecular complexity index is 627. The van der Waals surface area contributed by atoms with Crippen LogP contribution in [0.15, 0.2) is 42.7 Å². The average Bonchev–Trinajstić information content (AvgIpc) is 3.09. The molecule has 3 rings (SSSR count). The molecule has 116 valence electrons. The van der Waals surface area contributed by atoms with Crippen LogP contribution in [0.2, 0.25) is 0 Å². The second-order valence-corrected chi connectivity index (χ2v) is 5.36. The van der Waals surface area contributed by atoms with Gasteiger partial charge in [-0.05, 0) is 30.7 Å². The number of carbonyl (C=O) groups excluding carboxylic acids is 1. The Labute approximate surface area is 128 Å². The molecule has 1 amide bonds. The lowest BCUT2D eigenvalue weighted by molar-refractivity contribution is -0.142. The van der Waals surface area contributed by atoms with Gasteiger partial charge in [-0.25, -0.2) is 4.39 Å². The molecule has 2 aromatic rings. The van der Waals surface area contributed by atoms with Crippen molar-refractivity contribution < 1.29 is 13.9 Å². The van der Waals surface area contributed by atoms with Gasteiger partial charge >= 0.3 is 0 Å². The maximum Gasteiger partial charge on any atom is 0.247 e. The van der Waals surface area contributed by atoms with E-state index < -0.39 is 0 Å². The molecule has 1 saturated heterocycles. The third kappa shape index (κ3) is 3.01. The first-order valence-electron chi connectivity index (χ1n) is 7.30. The molecular formula is C16H18FN3O2. The first kappa shape index (κ1) is 14.7. The molecule has 0 aliphatic carbocycles. The maximum atomic E-state index is 13.0. The average molecular weight is 303 g/mol. The number of aromatic nitrogens is 2. The van der Waals surface area contributed by atoms with Crippen molar-refractivity contribution in [3.8, 4) is 0 Å². The summed E-state index contributed by atoms with van der Waals surface area (Å²) in [5.74, 6) is -0.265. The monoisotopic (exact) mass is 303 g/mol. The minimum absolute atomic E-state index is 0.0131. The topological polar surface area (TPSA) is 47.4 Å². The molecule has 0 radical (unpaired) electrons. The number of ether oxygens (including phenoxy) is 1. The molecule has 2 heterocycles. The van der Waals surface area contributed by atoms with Crippen LogP contribution in [0.4, 0.5) is 4.39 Å². The van der Waals surface area contributed by atoms with Crippen molar-refractivity contribution in [3.63, 3.8) is 0 Å². The number of rotatable bonds is 3. The third-order valence-electron chi connectivity index (χ3n) is 3.90. The second-order valence-electron chi connectivity index (χ2n) is 5.36. The van der Waals surface area contributed by atoms with Crippen molar-refractivity contribution in [2.75, 3.05) is 19.7 Å². The van der Waals surface area contributed by atoms with Gasteiger partial charge in [0.25, 0.3) is 0 Å². The van der Waals surface area contributed by atoms with Crippen LogP contribution in [0.25, 0.3) is 0 Å². The molecule has 0 spiro atoms. The molecule has 2 atom stereocenters. The van der Waals surface area contributed by atoms with Crippen molar-refractivity contribution >= 4 is 5.91 Å². The van der Waals surface area contributed by atoms with Crippen LogP contribution >= 0.6 is 0 Å². The van der Waals surface area contributed by atoms with E-state index in [4.69, 9.17) is 4.74 Å². The Balaban J connectivity index is 1.70. The number of morpholine rings is 1. The summed E-state index contributed by atoms with van der Waals surface area (Å²) < 4.78 is 20.4. The van der Waals surface area contributed by atoms with Gasteiger partial charge in [-0.15, -0.1) is 0 Å². The van der Waals surface area contributed by atoms with E-state index in [9.17, 15) is 9.18 Å². The first-order chi connectivity index (χ1) is 10.6. The molecule has 6 heteroatoms. The van der Waals surface area contributed by atoms with Gasteiger partial charge in [0.1, 0.15) is 18.0 Å². The van der Waals surface area contributed by atoms with Crippen molar-refractivity contribution in [2.24, 2.45) is 0 Å². The van der Waals surface area contributed by atoms with E-state index in [1.54, 1.807) is 40.2 Å². The minimum Gasteiger partial charge on any atom is -0.370 e. The number of nitrogens with zero attached hydrogens (tertiary/aromatic N) is 3. The lowest BCUT2D eigenvalue weighted by atomic mass is 10.1. The molecule has 5 nitrogen and oxygen atoms in total. The summed E-state index contributed by atoms with van der Waals surface area (Å²) in [5.41, 5.74) is 0.880. The molecule has 22 heavy (non-hydrogen) atoms. The molecular weight excluding hydrogens is 285 g/mol. The predicted molar refractivity (Wildman–Crippen MR) is 78.6 cm³/mol. The van der Waals surface area contributed by atoms with Gasteiger partial charge in [-0.1, -0.05) is 12.1 Å². The minimum atomic E-state index is -0.345. The van der Waals surface area contributed by atoms with Gasteiger partial charge in [0.2, 0.25) is 5.91 Å². The predicted octanol–water partition coefficient (Wildman–Crippen LogP) is 2.18. The maximum absolute atomic E-state index is 13.0. The highest BCUT2D eigenvalue weighted by Crippen LogP contribution is 2.24. The van der Waals surface area contributed by atoms with E-state index >= 15 is 0 Å². The fraction of sp³-hybridized carbons (Fsp3) is 0.375. The van der Waals surface area contributed by atoms with Crippen LogP contribution in [0.3, 0.4) is 0 Å². The Morgan fingerprint density at radius 3 is 2.86 bits per heavy atom. The SMILES string of the molecule is C[C@@H](C(=O)N1CCO[C@@H](c2ccc(F)cc2)C1)n1cccn1. The molecule has 1 aromatic carbocycles. The van der Waals surface area contributed by atoms with Crippen molar-refractivity contribution in [3.05, 3.63) is 54.1 Å². The summed E-state index contributed by atoms with van der Waals surface area (Å²) in [6.07, 6.45) is 3.22. The van der Waals surface area contributed by atoms with Crippen LogP contribution in [-0.4, -0.2) is 40.3 Å². The highest BCUT2D eigenvalue weighted by atomic mass is 19.1. The fourth-order valence-corrected chi connectivity index (χ4v) is 2.62. The molecule has 1 aromatic heterocycles. The van der Waals surface area contributed by atoms with Crippen LogP contribution in [0.5, 0.6) is 0 Å². The van der Waals surface area contributed by atoms with E-state index in [-0.39, 0.29) is 23.9 Å². The number of hydrogen-bond donors (Lipinski definition) is 0. The van der Waals surface area contributed by atoms with Crippen molar-refractivity contribution in [1.29, 1.82) is 0 Å². The van der Waals surface area contributed by atoms with Crippen molar-refractivity contribution in [1.82, 2.24) is 14.7 Å². The molecule has 1 fully saturated rings. The zero-order valence-electron chi connectivity index (χ0n) is 12.4. The first-order valence-corrected chi connectivity index (χ1v) is 7.30. The van der Waals surface area contributed by atoms with Crippen LogP contribution in [0, 0.1) is 5.82 Å². The van der Waals surface area contributed by atoms with Gasteiger partial charge in [-0.2, -0.15) is 5.10 Å². The van der Waals surface area contributed by atoms with E-state index in [0.717, 1.165) is 5.56 Å². The number of carbonyl (C=O) groups is 1. The molecule has 0 unspecified atom stereocenters. The van der Waals surface area contributed by atoms with E-state index in [2.05, 4.69) is 5.10 Å². The summed E-state index contributed by atoms with van der Waals surface area (Å²) in [4.78, 5) is 14.4. The zero-order chi connectivity index (χ0) is 15.5. The lowest BCUT2D eigenvalue weighted by Crippen LogP contribution is -2.45. The van der Waals surface area contributed by atoms with Crippen molar-refractivity contribution in [2.45, 2.75) is 19.1 Å². The standard InChI is InChI=1S/C16H18FN3O2/c1-12(20-8-2-7-18-20)16(21)19-9-10-22-15(11-19)13-3-5-14(17)6-4-13/h2-8,12,15H,9-11H2,1H3/t12-,15+/m0/s1. The fourth-order valence-electron chi connectivity index (χ4n) is 2.62. The summed E-state index contributed by atoms with van der Waals surface area (Å²) in [6, 6.07) is 7.67. The summed E-state index contributed by atoms with van der Waals surface area (Å²) in [7, 11) is 0. The normalized spacial score (nSPS) is 19.9. The Morgan fingerprint density at radius 1 is 1.41 bits per heavy atom.